The average Bonchev–Trinajstić information content (AvgIpc) is 1.50. The van der Waals surface area contributed by atoms with Crippen molar-refractivity contribution in [2.75, 3.05) is 0 Å². The fourth-order valence-corrected chi connectivity index (χ4v) is 14.7. The number of hydrogen-bond donors (Lipinski definition) is 0. The van der Waals surface area contributed by atoms with E-state index in [0.717, 1.165) is 44.2 Å². The highest BCUT2D eigenvalue weighted by atomic mass is 16.1. The van der Waals surface area contributed by atoms with Crippen LogP contribution < -0.4 is 5.43 Å². The van der Waals surface area contributed by atoms with Crippen molar-refractivity contribution in [1.82, 2.24) is 0 Å². The molecule has 0 spiro atoms. The summed E-state index contributed by atoms with van der Waals surface area (Å²) in [4.78, 5) is 16.6. The van der Waals surface area contributed by atoms with E-state index < -0.39 is 0 Å². The van der Waals surface area contributed by atoms with Crippen LogP contribution in [0.4, 0.5) is 0 Å². The van der Waals surface area contributed by atoms with Crippen molar-refractivity contribution >= 4 is 75.4 Å². The summed E-state index contributed by atoms with van der Waals surface area (Å²) in [7, 11) is 0. The first kappa shape index (κ1) is 59.6. The summed E-state index contributed by atoms with van der Waals surface area (Å²) in [5, 5.41) is 17.8. The molecule has 0 saturated heterocycles. The van der Waals surface area contributed by atoms with Crippen molar-refractivity contribution in [2.24, 2.45) is 0 Å². The van der Waals surface area contributed by atoms with Gasteiger partial charge in [-0.1, -0.05) is 300 Å². The second kappa shape index (κ2) is 18.9. The molecule has 0 aliphatic heterocycles. The van der Waals surface area contributed by atoms with Crippen LogP contribution in [-0.4, -0.2) is 0 Å². The summed E-state index contributed by atoms with van der Waals surface area (Å²) in [6, 6.07) is 53.2. The van der Waals surface area contributed by atoms with Gasteiger partial charge in [0.15, 0.2) is 5.43 Å². The lowest BCUT2D eigenvalue weighted by atomic mass is 9.76. The van der Waals surface area contributed by atoms with E-state index in [4.69, 9.17) is 0 Å². The molecule has 13 rings (SSSR count). The normalized spacial score (nSPS) is 14.0. The number of hydrogen-bond acceptors (Lipinski definition) is 1. The van der Waals surface area contributed by atoms with Crippen molar-refractivity contribution in [3.05, 3.63) is 188 Å². The topological polar surface area (TPSA) is 17.1 Å². The number of rotatable bonds is 4. The Morgan fingerprint density at radius 1 is 0.205 bits per heavy atom. The zero-order valence-electron chi connectivity index (χ0n) is 57.6. The van der Waals surface area contributed by atoms with Crippen LogP contribution in [0, 0.1) is 0 Å². The van der Waals surface area contributed by atoms with E-state index in [1.165, 1.54) is 131 Å². The Labute approximate surface area is 525 Å². The molecule has 1 heteroatoms. The summed E-state index contributed by atoms with van der Waals surface area (Å²) < 4.78 is 0. The van der Waals surface area contributed by atoms with Crippen LogP contribution in [0.5, 0.6) is 0 Å². The maximum atomic E-state index is 16.6. The number of fused-ring (bicyclic) bond motifs is 9. The molecule has 2 aliphatic carbocycles. The van der Waals surface area contributed by atoms with E-state index in [1.54, 1.807) is 0 Å². The third-order valence-electron chi connectivity index (χ3n) is 20.2. The molecule has 0 atom stereocenters. The molecule has 0 radical (unpaired) electrons. The Bertz CT molecular complexity index is 4580. The molecule has 0 amide bonds. The highest BCUT2D eigenvalue weighted by molar-refractivity contribution is 6.49. The Kier molecular flexibility index (Phi) is 12.8. The maximum Gasteiger partial charge on any atom is 0.195 e. The molecule has 0 unspecified atom stereocenters. The Morgan fingerprint density at radius 2 is 0.420 bits per heavy atom. The zero-order valence-corrected chi connectivity index (χ0v) is 57.6. The van der Waals surface area contributed by atoms with Crippen LogP contribution in [0.1, 0.15) is 211 Å². The molecular weight excluding hydrogens is 1060 g/mol. The summed E-state index contributed by atoms with van der Waals surface area (Å²) in [6.07, 6.45) is 0. The zero-order chi connectivity index (χ0) is 63.6. The molecule has 0 N–H and O–H groups in total. The molecule has 11 aromatic carbocycles. The third-order valence-corrected chi connectivity index (χ3v) is 20.2. The van der Waals surface area contributed by atoms with Crippen LogP contribution in [0.15, 0.2) is 138 Å². The molecule has 0 aromatic heterocycles. The largest absolute Gasteiger partial charge is 0.289 e. The standard InChI is InChI=1S/C87H94O/c1-80(2,3)52-35-48(36-53(43-52)81(4,5)6)67-73-60-29-25-27-47-28-26-30-61(66(47)60)74(73)68(49-37-54(82(7,8)9)44-55(38-49)83(10,11)12)76-63-32-34-65-72-64(33-31-62(71(63)72)75(67)76)77-69(50-39-56(84(13,14)15)45-57(40-50)85(16,17)18)79(88)70(78(65)77)51-41-58(86(19,20)21)46-59(42-51)87(22,23)24/h25-46H,1-24H3. The van der Waals surface area contributed by atoms with Crippen molar-refractivity contribution in [1.29, 1.82) is 0 Å². The van der Waals surface area contributed by atoms with E-state index in [-0.39, 0.29) is 48.7 Å². The molecular formula is C87H94O. The second-order valence-corrected chi connectivity index (χ2v) is 35.1. The SMILES string of the molecule is CC(C)(C)c1cc(-c2c3c4ccc5c6c(-c7cc(C(C)(C)C)cc(C(C)(C)C)c7)c7c8cccc9cccc(c7c(-c7cc(C(C)(C)C)cc(C(C)(C)C)c7)c6c6ccc(c-3c(-c3cc(C(C)(C)C)cc(C(C)(C)C)c3)c2=O)c4c56)c98)cc(C(C)(C)C)c1. The Morgan fingerprint density at radius 3 is 0.670 bits per heavy atom. The van der Waals surface area contributed by atoms with Gasteiger partial charge in [-0.3, -0.25) is 4.79 Å². The van der Waals surface area contributed by atoms with Gasteiger partial charge in [0.1, 0.15) is 0 Å². The molecule has 0 heterocycles. The van der Waals surface area contributed by atoms with Crippen molar-refractivity contribution in [3.63, 3.8) is 0 Å². The van der Waals surface area contributed by atoms with Crippen LogP contribution >= 0.6 is 0 Å². The number of benzene rings is 9. The van der Waals surface area contributed by atoms with Crippen molar-refractivity contribution in [2.45, 2.75) is 209 Å². The predicted molar refractivity (Wildman–Crippen MR) is 388 cm³/mol. The van der Waals surface area contributed by atoms with Crippen LogP contribution in [0.2, 0.25) is 0 Å². The second-order valence-electron chi connectivity index (χ2n) is 35.1. The summed E-state index contributed by atoms with van der Waals surface area (Å²) >= 11 is 0. The van der Waals surface area contributed by atoms with Crippen LogP contribution in [0.25, 0.3) is 131 Å². The van der Waals surface area contributed by atoms with Gasteiger partial charge < -0.3 is 0 Å². The lowest BCUT2D eigenvalue weighted by Gasteiger charge is -2.28. The first-order valence-corrected chi connectivity index (χ1v) is 32.7. The molecule has 448 valence electrons. The van der Waals surface area contributed by atoms with E-state index >= 15 is 4.79 Å². The van der Waals surface area contributed by atoms with Gasteiger partial charge in [0.2, 0.25) is 0 Å². The lowest BCUT2D eigenvalue weighted by molar-refractivity contribution is 0.568. The van der Waals surface area contributed by atoms with E-state index in [9.17, 15) is 0 Å². The minimum Gasteiger partial charge on any atom is -0.289 e. The maximum absolute atomic E-state index is 16.6. The molecule has 11 aromatic rings. The Hall–Kier alpha value is -7.35. The fraction of sp³-hybridized carbons (Fsp3) is 0.368. The molecule has 1 nitrogen and oxygen atoms in total. The third kappa shape index (κ3) is 9.23. The monoisotopic (exact) mass is 1150 g/mol. The van der Waals surface area contributed by atoms with Crippen LogP contribution in [0.3, 0.4) is 0 Å². The van der Waals surface area contributed by atoms with Gasteiger partial charge in [0, 0.05) is 22.3 Å². The molecule has 0 bridgehead atoms. The fourth-order valence-electron chi connectivity index (χ4n) is 14.7. The van der Waals surface area contributed by atoms with Gasteiger partial charge >= 0.3 is 0 Å². The molecule has 0 saturated carbocycles. The summed E-state index contributed by atoms with van der Waals surface area (Å²) in [5.41, 5.74) is 20.3. The highest BCUT2D eigenvalue weighted by Gasteiger charge is 2.37. The quantitative estimate of drug-likeness (QED) is 0.172. The highest BCUT2D eigenvalue weighted by Crippen LogP contribution is 2.60. The Balaban J connectivity index is 1.32. The van der Waals surface area contributed by atoms with Crippen molar-refractivity contribution < 1.29 is 0 Å². The summed E-state index contributed by atoms with van der Waals surface area (Å²) in [5.74, 6) is 0. The smallest absolute Gasteiger partial charge is 0.195 e. The van der Waals surface area contributed by atoms with Crippen molar-refractivity contribution in [3.8, 4) is 55.6 Å². The van der Waals surface area contributed by atoms with E-state index in [0.29, 0.717) is 0 Å². The van der Waals surface area contributed by atoms with Gasteiger partial charge in [0.25, 0.3) is 0 Å². The first-order valence-electron chi connectivity index (χ1n) is 32.7. The minimum atomic E-state index is -0.153. The van der Waals surface area contributed by atoms with Crippen LogP contribution in [-0.2, 0) is 43.3 Å². The first-order chi connectivity index (χ1) is 40.6. The van der Waals surface area contributed by atoms with Gasteiger partial charge in [0.05, 0.1) is 0 Å². The van der Waals surface area contributed by atoms with Gasteiger partial charge in [-0.2, -0.15) is 0 Å². The van der Waals surface area contributed by atoms with E-state index in [1.807, 2.05) is 0 Å². The van der Waals surface area contributed by atoms with Gasteiger partial charge in [-0.25, -0.2) is 0 Å². The van der Waals surface area contributed by atoms with Gasteiger partial charge in [-0.15, -0.1) is 0 Å². The predicted octanol–water partition coefficient (Wildman–Crippen LogP) is 25.0. The molecule has 2 aliphatic rings. The molecule has 0 fully saturated rings. The average molecular weight is 1160 g/mol. The lowest BCUT2D eigenvalue weighted by Crippen LogP contribution is -2.17. The minimum absolute atomic E-state index is 0.111. The van der Waals surface area contributed by atoms with E-state index in [2.05, 4.69) is 300 Å². The molecule has 88 heavy (non-hydrogen) atoms. The van der Waals surface area contributed by atoms with Gasteiger partial charge in [-0.05, 0) is 197 Å². The summed E-state index contributed by atoms with van der Waals surface area (Å²) in [6.45, 7) is 56.1.